The monoisotopic (exact) mass is 533 g/mol. The Labute approximate surface area is 222 Å². The predicted molar refractivity (Wildman–Crippen MR) is 144 cm³/mol. The zero-order valence-corrected chi connectivity index (χ0v) is 21.3. The largest absolute Gasteiger partial charge is 0.505 e. The Morgan fingerprint density at radius 1 is 0.974 bits per heavy atom. The zero-order valence-electron chi connectivity index (χ0n) is 20.6. The fourth-order valence-electron chi connectivity index (χ4n) is 4.71. The van der Waals surface area contributed by atoms with E-state index in [4.69, 9.17) is 16.6 Å². The van der Waals surface area contributed by atoms with Gasteiger partial charge < -0.3 is 5.11 Å². The van der Waals surface area contributed by atoms with E-state index in [2.05, 4.69) is 4.98 Å². The number of rotatable bonds is 6. The summed E-state index contributed by atoms with van der Waals surface area (Å²) in [7, 11) is 0. The van der Waals surface area contributed by atoms with Crippen LogP contribution in [0.5, 0.6) is 5.75 Å². The van der Waals surface area contributed by atoms with Crippen molar-refractivity contribution in [2.75, 3.05) is 5.54 Å². The second-order valence-corrected chi connectivity index (χ2v) is 9.69. The van der Waals surface area contributed by atoms with Gasteiger partial charge in [0.05, 0.1) is 21.9 Å². The molecule has 1 unspecified atom stereocenters. The second kappa shape index (κ2) is 10.3. The van der Waals surface area contributed by atoms with E-state index >= 15 is 0 Å². The predicted octanol–water partition coefficient (Wildman–Crippen LogP) is 8.22. The van der Waals surface area contributed by atoms with Crippen molar-refractivity contribution in [1.29, 1.82) is 0 Å². The van der Waals surface area contributed by atoms with E-state index in [1.54, 1.807) is 24.6 Å². The number of aromatic nitrogens is 2. The van der Waals surface area contributed by atoms with Crippen LogP contribution in [-0.2, 0) is 6.42 Å². The van der Waals surface area contributed by atoms with Crippen molar-refractivity contribution in [2.24, 2.45) is 0 Å². The number of aromatic hydroxyl groups is 1. The number of aryl methyl sites for hydroxylation is 1. The molecule has 0 aliphatic heterocycles. The van der Waals surface area contributed by atoms with Crippen LogP contribution in [0.15, 0.2) is 72.9 Å². The third-order valence-electron chi connectivity index (χ3n) is 6.75. The van der Waals surface area contributed by atoms with Crippen molar-refractivity contribution in [3.63, 3.8) is 0 Å². The molecule has 0 saturated carbocycles. The van der Waals surface area contributed by atoms with Gasteiger partial charge in [0.25, 0.3) is 0 Å². The topological polar surface area (TPSA) is 58.0 Å². The Morgan fingerprint density at radius 2 is 1.74 bits per heavy atom. The molecule has 2 aromatic heterocycles. The molecule has 192 valence electrons. The minimum atomic E-state index is -1.04. The number of benzene rings is 3. The smallest absolute Gasteiger partial charge is 0.167 e. The number of nitrogens with one attached hydrogen (secondary N) is 1. The summed E-state index contributed by atoms with van der Waals surface area (Å²) in [5.41, 5.74) is 6.70. The highest BCUT2D eigenvalue weighted by molar-refractivity contribution is 6.31. The van der Waals surface area contributed by atoms with Gasteiger partial charge in [0, 0.05) is 34.8 Å². The van der Waals surface area contributed by atoms with Crippen LogP contribution in [0.25, 0.3) is 22.2 Å². The van der Waals surface area contributed by atoms with Gasteiger partial charge in [-0.15, -0.1) is 4.48 Å². The van der Waals surface area contributed by atoms with Gasteiger partial charge >= 0.3 is 0 Å². The standard InChI is InChI=1S/C30H23ClF3N3O/c1-16-8-26(36-29(17(16)2)23-13-28(38)25(33)14-24(23)32)22(19-6-4-3-5-7-19)10-18-9-20-12-21(31)15-35-30(20)27(11-18)37-34/h3-9,11-15,22,37-38H,10H2,1-2H3. The summed E-state index contributed by atoms with van der Waals surface area (Å²) in [6.07, 6.45) is 1.90. The summed E-state index contributed by atoms with van der Waals surface area (Å²) in [5.74, 6) is -2.80. The molecular weight excluding hydrogens is 511 g/mol. The van der Waals surface area contributed by atoms with Crippen molar-refractivity contribution >= 4 is 28.2 Å². The molecule has 0 aliphatic carbocycles. The molecular formula is C30H23ClF3N3O. The summed E-state index contributed by atoms with van der Waals surface area (Å²) >= 11 is 6.15. The maximum absolute atomic E-state index is 14.8. The first kappa shape index (κ1) is 25.5. The number of hydrogen-bond acceptors (Lipinski definition) is 4. The SMILES string of the molecule is Cc1cc(C(Cc2cc(NF)c3ncc(Cl)cc3c2)c2ccccc2)nc(-c2cc(O)c(F)cc2F)c1C. The molecule has 5 rings (SSSR count). The normalized spacial score (nSPS) is 12.1. The molecule has 8 heteroatoms. The highest BCUT2D eigenvalue weighted by atomic mass is 35.5. The Hall–Kier alpha value is -4.10. The maximum Gasteiger partial charge on any atom is 0.167 e. The Morgan fingerprint density at radius 3 is 2.47 bits per heavy atom. The summed E-state index contributed by atoms with van der Waals surface area (Å²) in [5, 5.41) is 11.0. The van der Waals surface area contributed by atoms with Crippen LogP contribution < -0.4 is 5.54 Å². The summed E-state index contributed by atoms with van der Waals surface area (Å²) in [6.45, 7) is 3.69. The van der Waals surface area contributed by atoms with Crippen LogP contribution in [-0.4, -0.2) is 15.1 Å². The summed E-state index contributed by atoms with van der Waals surface area (Å²) in [4.78, 5) is 9.08. The second-order valence-electron chi connectivity index (χ2n) is 9.25. The van der Waals surface area contributed by atoms with E-state index in [0.717, 1.165) is 22.8 Å². The molecule has 38 heavy (non-hydrogen) atoms. The minimum absolute atomic E-state index is 0.00787. The van der Waals surface area contributed by atoms with Crippen LogP contribution in [0.4, 0.5) is 18.9 Å². The molecule has 0 amide bonds. The number of fused-ring (bicyclic) bond motifs is 1. The molecule has 3 aromatic carbocycles. The van der Waals surface area contributed by atoms with Gasteiger partial charge in [-0.05, 0) is 72.9 Å². The number of anilines is 1. The van der Waals surface area contributed by atoms with E-state index in [1.807, 2.05) is 49.4 Å². The van der Waals surface area contributed by atoms with Crippen molar-refractivity contribution in [1.82, 2.24) is 9.97 Å². The number of phenols is 1. The number of halogens is 4. The van der Waals surface area contributed by atoms with Gasteiger partial charge in [-0.3, -0.25) is 9.97 Å². The lowest BCUT2D eigenvalue weighted by atomic mass is 9.87. The first-order valence-electron chi connectivity index (χ1n) is 11.9. The van der Waals surface area contributed by atoms with Gasteiger partial charge in [-0.25, -0.2) is 14.3 Å². The summed E-state index contributed by atoms with van der Waals surface area (Å²) in [6, 6.07) is 18.7. The Kier molecular flexibility index (Phi) is 6.95. The fourth-order valence-corrected chi connectivity index (χ4v) is 4.88. The lowest BCUT2D eigenvalue weighted by Crippen LogP contribution is -2.10. The highest BCUT2D eigenvalue weighted by Gasteiger charge is 2.22. The molecule has 0 radical (unpaired) electrons. The van der Waals surface area contributed by atoms with Gasteiger partial charge in [-0.2, -0.15) is 0 Å². The minimum Gasteiger partial charge on any atom is -0.505 e. The third kappa shape index (κ3) is 4.89. The van der Waals surface area contributed by atoms with Crippen molar-refractivity contribution < 1.29 is 18.4 Å². The van der Waals surface area contributed by atoms with Crippen molar-refractivity contribution in [3.8, 4) is 17.0 Å². The molecule has 5 aromatic rings. The third-order valence-corrected chi connectivity index (χ3v) is 6.96. The van der Waals surface area contributed by atoms with Gasteiger partial charge in [0.2, 0.25) is 0 Å². The maximum atomic E-state index is 14.8. The summed E-state index contributed by atoms with van der Waals surface area (Å²) < 4.78 is 42.4. The number of hydrogen-bond donors (Lipinski definition) is 2. The number of phenolic OH excluding ortho intramolecular Hbond substituents is 1. The van der Waals surface area contributed by atoms with E-state index in [9.17, 15) is 18.4 Å². The quantitative estimate of drug-likeness (QED) is 0.216. The van der Waals surface area contributed by atoms with E-state index < -0.39 is 17.4 Å². The molecule has 2 heterocycles. The van der Waals surface area contributed by atoms with E-state index in [-0.39, 0.29) is 17.2 Å². The number of nitrogens with zero attached hydrogens (tertiary/aromatic N) is 2. The lowest BCUT2D eigenvalue weighted by Gasteiger charge is -2.21. The number of pyridine rings is 2. The molecule has 0 fully saturated rings. The van der Waals surface area contributed by atoms with E-state index in [1.165, 1.54) is 6.20 Å². The van der Waals surface area contributed by atoms with Crippen LogP contribution in [0.3, 0.4) is 0 Å². The van der Waals surface area contributed by atoms with Crippen molar-refractivity contribution in [3.05, 3.63) is 118 Å². The molecule has 2 N–H and O–H groups in total. The van der Waals surface area contributed by atoms with Crippen LogP contribution in [0.2, 0.25) is 5.02 Å². The molecule has 0 bridgehead atoms. The lowest BCUT2D eigenvalue weighted by molar-refractivity contribution is 0.428. The van der Waals surface area contributed by atoms with Crippen LogP contribution in [0.1, 0.15) is 33.9 Å². The van der Waals surface area contributed by atoms with Gasteiger partial charge in [-0.1, -0.05) is 41.9 Å². The molecule has 4 nitrogen and oxygen atoms in total. The highest BCUT2D eigenvalue weighted by Crippen LogP contribution is 2.36. The average Bonchev–Trinajstić information content (AvgIpc) is 2.91. The molecule has 1 atom stereocenters. The Bertz CT molecular complexity index is 1660. The molecule has 0 aliphatic rings. The first-order valence-corrected chi connectivity index (χ1v) is 12.3. The van der Waals surface area contributed by atoms with E-state index in [0.29, 0.717) is 45.4 Å². The van der Waals surface area contributed by atoms with Crippen LogP contribution in [0, 0.1) is 25.5 Å². The van der Waals surface area contributed by atoms with Crippen LogP contribution >= 0.6 is 11.6 Å². The van der Waals surface area contributed by atoms with Crippen molar-refractivity contribution in [2.45, 2.75) is 26.2 Å². The average molecular weight is 534 g/mol. The Balaban J connectivity index is 1.67. The molecule has 0 saturated heterocycles. The fraction of sp³-hybridized carbons (Fsp3) is 0.133. The zero-order chi connectivity index (χ0) is 27.0. The molecule has 0 spiro atoms. The van der Waals surface area contributed by atoms with Gasteiger partial charge in [0.1, 0.15) is 5.82 Å². The first-order chi connectivity index (χ1) is 18.2. The van der Waals surface area contributed by atoms with Gasteiger partial charge in [0.15, 0.2) is 11.6 Å².